The molecule has 0 saturated carbocycles. The molecule has 8 heteroatoms. The number of aromatic amines is 2. The molecule has 0 atom stereocenters. The number of nitrogens with one attached hydrogen (secondary N) is 2. The van der Waals surface area contributed by atoms with Gasteiger partial charge in [-0.15, -0.1) is 10.2 Å². The van der Waals surface area contributed by atoms with Gasteiger partial charge in [0.05, 0.1) is 10.7 Å². The molecule has 1 aromatic carbocycles. The van der Waals surface area contributed by atoms with Crippen molar-refractivity contribution in [2.24, 2.45) is 10.2 Å². The number of aromatic nitrogens is 3. The van der Waals surface area contributed by atoms with Crippen molar-refractivity contribution in [3.05, 3.63) is 63.1 Å². The molecule has 0 fully saturated rings. The van der Waals surface area contributed by atoms with E-state index in [2.05, 4.69) is 25.4 Å². The fourth-order valence-corrected chi connectivity index (χ4v) is 2.29. The summed E-state index contributed by atoms with van der Waals surface area (Å²) in [6.07, 6.45) is 3.25. The average Bonchev–Trinajstić information content (AvgIpc) is 2.88. The van der Waals surface area contributed by atoms with Crippen molar-refractivity contribution in [3.8, 4) is 11.3 Å². The van der Waals surface area contributed by atoms with Crippen LogP contribution in [-0.4, -0.2) is 15.2 Å². The van der Waals surface area contributed by atoms with Crippen molar-refractivity contribution in [2.45, 2.75) is 0 Å². The Hall–Kier alpha value is -2.44. The van der Waals surface area contributed by atoms with Crippen LogP contribution in [0.1, 0.15) is 0 Å². The van der Waals surface area contributed by atoms with Gasteiger partial charge in [0, 0.05) is 23.0 Å². The molecule has 22 heavy (non-hydrogen) atoms. The van der Waals surface area contributed by atoms with E-state index in [-0.39, 0.29) is 11.2 Å². The lowest BCUT2D eigenvalue weighted by Crippen LogP contribution is -1.96. The molecule has 110 valence electrons. The third-order valence-corrected chi connectivity index (χ3v) is 3.43. The Morgan fingerprint density at radius 3 is 2.50 bits per heavy atom. The second-order valence-electron chi connectivity index (χ2n) is 4.33. The standard InChI is InChI=1S/C14H9Cl2N5O/c15-9-1-2-11(10(16)7-9)18-20-13-12(19-21-14(13)22)8-3-5-17-6-4-8/h1-7H,(H2,19,21,22). The number of hydrogen-bond donors (Lipinski definition) is 2. The molecular weight excluding hydrogens is 325 g/mol. The van der Waals surface area contributed by atoms with Crippen LogP contribution in [0.4, 0.5) is 11.4 Å². The van der Waals surface area contributed by atoms with Crippen molar-refractivity contribution >= 4 is 34.6 Å². The third kappa shape index (κ3) is 2.93. The fourth-order valence-electron chi connectivity index (χ4n) is 1.84. The van der Waals surface area contributed by atoms with Crippen molar-refractivity contribution in [1.29, 1.82) is 0 Å². The molecule has 0 saturated heterocycles. The van der Waals surface area contributed by atoms with E-state index in [1.54, 1.807) is 42.7 Å². The Bertz CT molecular complexity index is 886. The molecule has 2 aromatic heterocycles. The van der Waals surface area contributed by atoms with Crippen LogP contribution in [0.25, 0.3) is 11.3 Å². The molecule has 0 aliphatic rings. The quantitative estimate of drug-likeness (QED) is 0.692. The normalized spacial score (nSPS) is 11.2. The van der Waals surface area contributed by atoms with Gasteiger partial charge in [-0.05, 0) is 30.3 Å². The molecule has 0 aliphatic carbocycles. The van der Waals surface area contributed by atoms with Gasteiger partial charge in [0.2, 0.25) is 0 Å². The number of pyridine rings is 1. The van der Waals surface area contributed by atoms with Crippen molar-refractivity contribution < 1.29 is 0 Å². The second-order valence-corrected chi connectivity index (χ2v) is 5.18. The number of nitrogens with zero attached hydrogens (tertiary/aromatic N) is 3. The lowest BCUT2D eigenvalue weighted by molar-refractivity contribution is 1.06. The Balaban J connectivity index is 2.01. The monoisotopic (exact) mass is 333 g/mol. The summed E-state index contributed by atoms with van der Waals surface area (Å²) in [6, 6.07) is 8.34. The summed E-state index contributed by atoms with van der Waals surface area (Å²) in [5, 5.41) is 14.1. The van der Waals surface area contributed by atoms with Crippen LogP contribution in [0.15, 0.2) is 57.7 Å². The maximum Gasteiger partial charge on any atom is 0.292 e. The summed E-state index contributed by atoms with van der Waals surface area (Å²) in [5.41, 5.74) is 1.51. The third-order valence-electron chi connectivity index (χ3n) is 2.89. The van der Waals surface area contributed by atoms with Crippen LogP contribution < -0.4 is 5.56 Å². The van der Waals surface area contributed by atoms with Crippen LogP contribution in [0, 0.1) is 0 Å². The first-order valence-electron chi connectivity index (χ1n) is 6.23. The van der Waals surface area contributed by atoms with E-state index < -0.39 is 0 Å². The van der Waals surface area contributed by atoms with Gasteiger partial charge in [-0.3, -0.25) is 20.0 Å². The topological polar surface area (TPSA) is 86.3 Å². The predicted molar refractivity (Wildman–Crippen MR) is 85.3 cm³/mol. The minimum atomic E-state index is -0.374. The van der Waals surface area contributed by atoms with Gasteiger partial charge in [-0.2, -0.15) is 0 Å². The number of H-pyrrole nitrogens is 2. The van der Waals surface area contributed by atoms with Gasteiger partial charge in [0.15, 0.2) is 5.69 Å². The molecule has 0 aliphatic heterocycles. The Labute approximate surface area is 134 Å². The molecule has 6 nitrogen and oxygen atoms in total. The zero-order valence-electron chi connectivity index (χ0n) is 11.0. The van der Waals surface area contributed by atoms with Gasteiger partial charge < -0.3 is 0 Å². The van der Waals surface area contributed by atoms with Crippen LogP contribution in [0.5, 0.6) is 0 Å². The Morgan fingerprint density at radius 1 is 1.00 bits per heavy atom. The van der Waals surface area contributed by atoms with Crippen LogP contribution in [-0.2, 0) is 0 Å². The Morgan fingerprint density at radius 2 is 1.77 bits per heavy atom. The highest BCUT2D eigenvalue weighted by Crippen LogP contribution is 2.30. The molecule has 0 unspecified atom stereocenters. The van der Waals surface area contributed by atoms with Crippen LogP contribution in [0.3, 0.4) is 0 Å². The first-order chi connectivity index (χ1) is 10.6. The number of azo groups is 1. The summed E-state index contributed by atoms with van der Waals surface area (Å²) in [6.45, 7) is 0. The molecule has 0 spiro atoms. The highest BCUT2D eigenvalue weighted by molar-refractivity contribution is 6.36. The summed E-state index contributed by atoms with van der Waals surface area (Å²) in [7, 11) is 0. The SMILES string of the molecule is O=c1[nH][nH]c(-c2ccncc2)c1N=Nc1ccc(Cl)cc1Cl. The zero-order chi connectivity index (χ0) is 15.5. The maximum atomic E-state index is 11.9. The van der Waals surface area contributed by atoms with E-state index in [1.165, 1.54) is 0 Å². The van der Waals surface area contributed by atoms with Gasteiger partial charge in [0.25, 0.3) is 5.56 Å². The molecular formula is C14H9Cl2N5O. The minimum absolute atomic E-state index is 0.164. The van der Waals surface area contributed by atoms with Crippen molar-refractivity contribution in [3.63, 3.8) is 0 Å². The summed E-state index contributed by atoms with van der Waals surface area (Å²) < 4.78 is 0. The smallest absolute Gasteiger partial charge is 0.292 e. The molecule has 3 rings (SSSR count). The Kier molecular flexibility index (Phi) is 4.04. The van der Waals surface area contributed by atoms with Crippen LogP contribution >= 0.6 is 23.2 Å². The molecule has 3 aromatic rings. The summed E-state index contributed by atoms with van der Waals surface area (Å²) in [4.78, 5) is 15.8. The fraction of sp³-hybridized carbons (Fsp3) is 0. The van der Waals surface area contributed by atoms with Gasteiger partial charge in [-0.25, -0.2) is 0 Å². The molecule has 2 heterocycles. The predicted octanol–water partition coefficient (Wildman–Crippen LogP) is 4.49. The van der Waals surface area contributed by atoms with E-state index in [0.717, 1.165) is 5.56 Å². The van der Waals surface area contributed by atoms with Crippen molar-refractivity contribution in [2.75, 3.05) is 0 Å². The lowest BCUT2D eigenvalue weighted by Gasteiger charge is -1.98. The minimum Gasteiger partial charge on any atom is -0.295 e. The van der Waals surface area contributed by atoms with E-state index >= 15 is 0 Å². The zero-order valence-corrected chi connectivity index (χ0v) is 12.6. The first kappa shape index (κ1) is 14.5. The molecule has 0 radical (unpaired) electrons. The average molecular weight is 334 g/mol. The van der Waals surface area contributed by atoms with Gasteiger partial charge >= 0.3 is 0 Å². The number of benzene rings is 1. The van der Waals surface area contributed by atoms with Gasteiger partial charge in [0.1, 0.15) is 5.69 Å². The first-order valence-corrected chi connectivity index (χ1v) is 6.98. The van der Waals surface area contributed by atoms with E-state index in [0.29, 0.717) is 21.4 Å². The number of hydrogen-bond acceptors (Lipinski definition) is 4. The van der Waals surface area contributed by atoms with E-state index in [4.69, 9.17) is 23.2 Å². The highest BCUT2D eigenvalue weighted by Gasteiger charge is 2.11. The summed E-state index contributed by atoms with van der Waals surface area (Å²) >= 11 is 11.9. The molecule has 0 bridgehead atoms. The largest absolute Gasteiger partial charge is 0.295 e. The number of halogens is 2. The van der Waals surface area contributed by atoms with Crippen molar-refractivity contribution in [1.82, 2.24) is 15.2 Å². The maximum absolute atomic E-state index is 11.9. The highest BCUT2D eigenvalue weighted by atomic mass is 35.5. The summed E-state index contributed by atoms with van der Waals surface area (Å²) in [5.74, 6) is 0. The molecule has 0 amide bonds. The second kappa shape index (κ2) is 6.13. The van der Waals surface area contributed by atoms with E-state index in [1.807, 2.05) is 0 Å². The molecule has 2 N–H and O–H groups in total. The van der Waals surface area contributed by atoms with E-state index in [9.17, 15) is 4.79 Å². The number of rotatable bonds is 3. The lowest BCUT2D eigenvalue weighted by atomic mass is 10.2. The van der Waals surface area contributed by atoms with Gasteiger partial charge in [-0.1, -0.05) is 23.2 Å². The van der Waals surface area contributed by atoms with Crippen LogP contribution in [0.2, 0.25) is 10.0 Å².